The van der Waals surface area contributed by atoms with Gasteiger partial charge < -0.3 is 31.1 Å². The third-order valence-corrected chi connectivity index (χ3v) is 14.0. The highest BCUT2D eigenvalue weighted by Crippen LogP contribution is 2.30. The van der Waals surface area contributed by atoms with Gasteiger partial charge in [-0.15, -0.1) is 0 Å². The zero-order valence-corrected chi connectivity index (χ0v) is 43.1. The van der Waals surface area contributed by atoms with Crippen molar-refractivity contribution in [3.05, 3.63) is 120 Å². The van der Waals surface area contributed by atoms with E-state index in [0.717, 1.165) is 75.8 Å². The van der Waals surface area contributed by atoms with Crippen molar-refractivity contribution >= 4 is 106 Å². The molecular weight excluding hydrogens is 1020 g/mol. The van der Waals surface area contributed by atoms with Crippen molar-refractivity contribution < 1.29 is 10.2 Å². The number of aromatic nitrogens is 10. The summed E-state index contributed by atoms with van der Waals surface area (Å²) in [5, 5.41) is 29.5. The standard InChI is InChI=1S/C23H25ClN8O2S.C17H12Cl2N6OS.C6H14N2O.CH4/c1-14-4-3-5-16(24)19(14)32-13-25-21-20(22(32)34)35-23(29-21)28-17-12-18(27-15(2)26-17)31-8-6-30(7-9-31)10-11-33;1-8-4-3-5-10(18)13(8)25-7-20-15-14(16(25)26)27-17(24-15)23-12-6-11(19)21-9(2)22-12;9-6-5-8-3-1-7-2-4-8;/h3-5,12-13,33H,6-11H2,1-2H3,(H,26,27,28,29);3-7H,1-2H3,(H,21,22,23,24);7,9H,1-6H2;1H4. The molecule has 2 aliphatic heterocycles. The highest BCUT2D eigenvalue weighted by atomic mass is 35.5. The number of fused-ring (bicyclic) bond motifs is 2. The molecule has 8 heterocycles. The normalized spacial score (nSPS) is 14.0. The number of aliphatic hydroxyl groups excluding tert-OH is 2. The highest BCUT2D eigenvalue weighted by molar-refractivity contribution is 7.22. The highest BCUT2D eigenvalue weighted by Gasteiger charge is 2.21. The van der Waals surface area contributed by atoms with Crippen molar-refractivity contribution in [1.82, 2.24) is 64.1 Å². The number of hydrogen-bond donors (Lipinski definition) is 5. The number of aryl methyl sites for hydroxylation is 4. The molecule has 0 amide bonds. The van der Waals surface area contributed by atoms with Gasteiger partial charge >= 0.3 is 0 Å². The molecule has 0 spiro atoms. The summed E-state index contributed by atoms with van der Waals surface area (Å²) in [6, 6.07) is 14.4. The van der Waals surface area contributed by atoms with Gasteiger partial charge in [0.25, 0.3) is 11.1 Å². The van der Waals surface area contributed by atoms with Gasteiger partial charge in [-0.05, 0) is 51.0 Å². The van der Waals surface area contributed by atoms with Crippen molar-refractivity contribution in [1.29, 1.82) is 0 Å². The van der Waals surface area contributed by atoms with Crippen LogP contribution in [0.4, 0.5) is 27.7 Å². The molecule has 8 aromatic rings. The fourth-order valence-electron chi connectivity index (χ4n) is 7.92. The lowest BCUT2D eigenvalue weighted by Crippen LogP contribution is -2.47. The first kappa shape index (κ1) is 54.0. The molecule has 2 saturated heterocycles. The number of piperazine rings is 2. The van der Waals surface area contributed by atoms with Gasteiger partial charge in [0.2, 0.25) is 0 Å². The van der Waals surface area contributed by atoms with Crippen molar-refractivity contribution in [3.63, 3.8) is 0 Å². The topological polar surface area (TPSA) is 233 Å². The second-order valence-corrected chi connectivity index (χ2v) is 19.6. The fourth-order valence-corrected chi connectivity index (χ4v) is 10.5. The van der Waals surface area contributed by atoms with Crippen LogP contribution in [0.5, 0.6) is 0 Å². The largest absolute Gasteiger partial charge is 0.395 e. The van der Waals surface area contributed by atoms with Crippen LogP contribution in [0.15, 0.2) is 70.8 Å². The number of hydrogen-bond acceptors (Lipinski definition) is 20. The van der Waals surface area contributed by atoms with Crippen molar-refractivity contribution in [2.75, 3.05) is 94.2 Å². The van der Waals surface area contributed by atoms with Gasteiger partial charge in [-0.1, -0.05) is 89.2 Å². The molecule has 5 N–H and O–H groups in total. The van der Waals surface area contributed by atoms with Crippen LogP contribution in [-0.4, -0.2) is 148 Å². The van der Waals surface area contributed by atoms with E-state index >= 15 is 0 Å². The molecule has 380 valence electrons. The molecule has 0 bridgehead atoms. The minimum absolute atomic E-state index is 0. The average Bonchev–Trinajstić information content (AvgIpc) is 3.95. The van der Waals surface area contributed by atoms with Crippen LogP contribution in [0.1, 0.15) is 30.2 Å². The lowest BCUT2D eigenvalue weighted by molar-refractivity contribution is 0.180. The lowest BCUT2D eigenvalue weighted by Gasteiger charge is -2.35. The van der Waals surface area contributed by atoms with Crippen molar-refractivity contribution in [3.8, 4) is 11.4 Å². The second kappa shape index (κ2) is 24.8. The van der Waals surface area contributed by atoms with E-state index in [0.29, 0.717) is 94.0 Å². The van der Waals surface area contributed by atoms with Crippen LogP contribution in [0.25, 0.3) is 32.1 Å². The van der Waals surface area contributed by atoms with E-state index in [1.807, 2.05) is 51.1 Å². The van der Waals surface area contributed by atoms with E-state index in [2.05, 4.69) is 70.5 Å². The molecule has 0 unspecified atom stereocenters. The Morgan fingerprint density at radius 1 is 0.625 bits per heavy atom. The Morgan fingerprint density at radius 2 is 1.10 bits per heavy atom. The number of nitrogens with one attached hydrogen (secondary N) is 3. The number of para-hydroxylation sites is 2. The third-order valence-electron chi connectivity index (χ3n) is 11.3. The van der Waals surface area contributed by atoms with Gasteiger partial charge in [-0.3, -0.25) is 28.5 Å². The minimum atomic E-state index is -0.237. The van der Waals surface area contributed by atoms with Gasteiger partial charge in [0.05, 0.1) is 34.6 Å². The van der Waals surface area contributed by atoms with E-state index in [4.69, 9.17) is 45.0 Å². The van der Waals surface area contributed by atoms with Gasteiger partial charge in [-0.2, -0.15) is 9.97 Å². The predicted molar refractivity (Wildman–Crippen MR) is 289 cm³/mol. The number of β-amino-alcohol motifs (C(OH)–C–C–N with tert-alkyl or cyclic N) is 2. The minimum Gasteiger partial charge on any atom is -0.395 e. The summed E-state index contributed by atoms with van der Waals surface area (Å²) in [5.41, 5.74) is 3.24. The molecule has 72 heavy (non-hydrogen) atoms. The number of rotatable bonds is 11. The second-order valence-electron chi connectivity index (χ2n) is 16.4. The molecular formula is C47H55Cl3N16O4S2. The summed E-state index contributed by atoms with van der Waals surface area (Å²) in [6.07, 6.45) is 2.90. The Balaban J connectivity index is 0.000000182. The van der Waals surface area contributed by atoms with Gasteiger partial charge in [-0.25, -0.2) is 29.9 Å². The number of anilines is 5. The summed E-state index contributed by atoms with van der Waals surface area (Å²) in [7, 11) is 0. The summed E-state index contributed by atoms with van der Waals surface area (Å²) < 4.78 is 3.75. The van der Waals surface area contributed by atoms with Crippen LogP contribution in [0.2, 0.25) is 15.2 Å². The van der Waals surface area contributed by atoms with E-state index < -0.39 is 0 Å². The molecule has 0 saturated carbocycles. The molecule has 25 heteroatoms. The summed E-state index contributed by atoms with van der Waals surface area (Å²) in [6.45, 7) is 17.0. The van der Waals surface area contributed by atoms with Crippen LogP contribution in [-0.2, 0) is 0 Å². The van der Waals surface area contributed by atoms with Crippen molar-refractivity contribution in [2.24, 2.45) is 0 Å². The molecule has 20 nitrogen and oxygen atoms in total. The Hall–Kier alpha value is -5.79. The van der Waals surface area contributed by atoms with Gasteiger partial charge in [0, 0.05) is 77.6 Å². The third kappa shape index (κ3) is 13.1. The van der Waals surface area contributed by atoms with E-state index in [1.165, 1.54) is 44.5 Å². The predicted octanol–water partition coefficient (Wildman–Crippen LogP) is 6.58. The summed E-state index contributed by atoms with van der Waals surface area (Å²) >= 11 is 21.0. The SMILES string of the molecule is C.Cc1nc(Cl)cc(Nc2nc3ncn(-c4c(C)cccc4Cl)c(=O)c3s2)n1.Cc1nc(Nc2nc3ncn(-c4c(C)cccc4Cl)c(=O)c3s2)cc(N2CCN(CCO)CC2)n1.OCCN1CCNCC1. The Kier molecular flexibility index (Phi) is 18.6. The van der Waals surface area contributed by atoms with Gasteiger partial charge in [0.1, 0.15) is 56.3 Å². The Labute approximate surface area is 438 Å². The maximum absolute atomic E-state index is 13.2. The average molecular weight is 1080 g/mol. The monoisotopic (exact) mass is 1080 g/mol. The molecule has 2 fully saturated rings. The van der Waals surface area contributed by atoms with Gasteiger partial charge in [0.15, 0.2) is 21.6 Å². The zero-order valence-electron chi connectivity index (χ0n) is 39.2. The zero-order chi connectivity index (χ0) is 50.2. The van der Waals surface area contributed by atoms with E-state index in [9.17, 15) is 9.59 Å². The first-order chi connectivity index (χ1) is 34.3. The van der Waals surface area contributed by atoms with E-state index in [-0.39, 0.29) is 25.2 Å². The lowest BCUT2D eigenvalue weighted by atomic mass is 10.2. The smallest absolute Gasteiger partial charge is 0.277 e. The quantitative estimate of drug-likeness (QED) is 0.0861. The number of thiazole rings is 2. The fraction of sp³-hybridized carbons (Fsp3) is 0.362. The summed E-state index contributed by atoms with van der Waals surface area (Å²) in [5.74, 6) is 3.10. The maximum atomic E-state index is 13.2. The Bertz CT molecular complexity index is 3200. The molecule has 10 rings (SSSR count). The van der Waals surface area contributed by atoms with Crippen molar-refractivity contribution in [2.45, 2.75) is 35.1 Å². The number of benzene rings is 2. The van der Waals surface area contributed by atoms with Crippen LogP contribution >= 0.6 is 57.5 Å². The Morgan fingerprint density at radius 3 is 1.57 bits per heavy atom. The molecule has 6 aromatic heterocycles. The molecule has 2 aliphatic rings. The van der Waals surface area contributed by atoms with Crippen LogP contribution in [0, 0.1) is 27.7 Å². The van der Waals surface area contributed by atoms with Crippen LogP contribution < -0.4 is 32.0 Å². The summed E-state index contributed by atoms with van der Waals surface area (Å²) in [4.78, 5) is 67.8. The molecule has 2 aromatic carbocycles. The molecule has 0 radical (unpaired) electrons. The molecule has 0 aliphatic carbocycles. The maximum Gasteiger partial charge on any atom is 0.277 e. The number of halogens is 3. The number of nitrogens with zero attached hydrogens (tertiary/aromatic N) is 13. The van der Waals surface area contributed by atoms with E-state index in [1.54, 1.807) is 25.1 Å². The first-order valence-electron chi connectivity index (χ1n) is 22.6. The number of aliphatic hydroxyl groups is 2. The first-order valence-corrected chi connectivity index (χ1v) is 25.4. The molecule has 0 atom stereocenters. The van der Waals surface area contributed by atoms with Crippen LogP contribution in [0.3, 0.4) is 0 Å².